The quantitative estimate of drug-likeness (QED) is 0.209. The molecule has 1 atom stereocenters. The lowest BCUT2D eigenvalue weighted by Crippen LogP contribution is -2.64. The van der Waals surface area contributed by atoms with Gasteiger partial charge < -0.3 is 25.6 Å². The molecule has 0 bridgehead atoms. The molecule has 0 aliphatic carbocycles. The second kappa shape index (κ2) is 14.8. The third kappa shape index (κ3) is 7.74. The summed E-state index contributed by atoms with van der Waals surface area (Å²) in [6, 6.07) is 8.01. The van der Waals surface area contributed by atoms with Crippen LogP contribution in [0.5, 0.6) is 11.5 Å². The molecule has 2 aliphatic heterocycles. The van der Waals surface area contributed by atoms with E-state index >= 15 is 0 Å². The van der Waals surface area contributed by atoms with Gasteiger partial charge in [-0.05, 0) is 75.7 Å². The van der Waals surface area contributed by atoms with Crippen LogP contribution in [0.15, 0.2) is 30.3 Å². The third-order valence-electron chi connectivity index (χ3n) is 8.58. The number of ether oxygens (including phenoxy) is 2. The van der Waals surface area contributed by atoms with Gasteiger partial charge in [-0.15, -0.1) is 0 Å². The minimum absolute atomic E-state index is 0.0137. The molecule has 1 unspecified atom stereocenters. The number of halogens is 3. The molecule has 2 saturated heterocycles. The number of carbonyl (C=O) groups excluding carboxylic acids is 1. The standard InChI is InChI=1S/C30H39Cl3N4O5/c1-41-27-16-25(34)24(32)15-22(27)29(38)35-17-20-9-11-36(12-10-20)18-21(19-42-26-8-6-7-23(31)28(26)33)37(30(39)40)13-4-2-3-5-14-37/h6-8,15-16,20-21H,2-5,9-14,17-19H2,1H3,(H3-,34,35,38,39,40)/p+1. The monoisotopic (exact) mass is 641 g/mol. The number of nitrogens with one attached hydrogen (secondary N) is 1. The van der Waals surface area contributed by atoms with Crippen LogP contribution in [0, 0.1) is 5.92 Å². The van der Waals surface area contributed by atoms with E-state index in [-0.39, 0.29) is 23.0 Å². The Morgan fingerprint density at radius 3 is 2.40 bits per heavy atom. The second-order valence-electron chi connectivity index (χ2n) is 11.2. The number of quaternary nitrogens is 1. The van der Waals surface area contributed by atoms with E-state index in [2.05, 4.69) is 10.2 Å². The van der Waals surface area contributed by atoms with E-state index in [1.807, 2.05) is 0 Å². The highest BCUT2D eigenvalue weighted by atomic mass is 35.5. The second-order valence-corrected chi connectivity index (χ2v) is 12.4. The zero-order valence-corrected chi connectivity index (χ0v) is 26.2. The first-order valence-corrected chi connectivity index (χ1v) is 15.6. The maximum absolute atomic E-state index is 12.9. The van der Waals surface area contributed by atoms with Crippen molar-refractivity contribution in [3.05, 3.63) is 51.0 Å². The SMILES string of the molecule is COc1cc(N)c(Cl)cc1C(=O)NCC1CCN(CC(COc2cccc(Cl)c2Cl)[N+]2(C(=O)O)CCCCCC2)CC1. The van der Waals surface area contributed by atoms with Gasteiger partial charge in [-0.1, -0.05) is 40.9 Å². The Bertz CT molecular complexity index is 1250. The maximum atomic E-state index is 12.9. The zero-order chi connectivity index (χ0) is 30.3. The van der Waals surface area contributed by atoms with Crippen LogP contribution in [0.2, 0.25) is 15.1 Å². The van der Waals surface area contributed by atoms with Crippen LogP contribution in [0.25, 0.3) is 0 Å². The van der Waals surface area contributed by atoms with Gasteiger partial charge in [0.05, 0.1) is 48.0 Å². The number of rotatable bonds is 10. The van der Waals surface area contributed by atoms with Crippen LogP contribution in [-0.2, 0) is 0 Å². The molecule has 4 N–H and O–H groups in total. The summed E-state index contributed by atoms with van der Waals surface area (Å²) in [4.78, 5) is 28.0. The number of anilines is 1. The lowest BCUT2D eigenvalue weighted by atomic mass is 9.96. The molecule has 0 spiro atoms. The van der Waals surface area contributed by atoms with Crippen LogP contribution < -0.4 is 20.5 Å². The van der Waals surface area contributed by atoms with Gasteiger partial charge in [-0.3, -0.25) is 9.69 Å². The van der Waals surface area contributed by atoms with Gasteiger partial charge in [0.25, 0.3) is 5.91 Å². The molecule has 4 rings (SSSR count). The lowest BCUT2D eigenvalue weighted by Gasteiger charge is -2.42. The van der Waals surface area contributed by atoms with E-state index in [4.69, 9.17) is 50.0 Å². The van der Waals surface area contributed by atoms with Crippen molar-refractivity contribution in [2.45, 2.75) is 44.6 Å². The number of likely N-dealkylation sites (tertiary alicyclic amines) is 2. The maximum Gasteiger partial charge on any atom is 0.513 e. The van der Waals surface area contributed by atoms with Crippen LogP contribution >= 0.6 is 34.8 Å². The van der Waals surface area contributed by atoms with Crippen molar-refractivity contribution < 1.29 is 28.7 Å². The summed E-state index contributed by atoms with van der Waals surface area (Å²) in [6.07, 6.45) is 4.75. The molecular formula is C30H40Cl3N4O5+. The third-order valence-corrected chi connectivity index (χ3v) is 9.71. The number of piperidine rings is 1. The number of nitrogens with zero attached hydrogens (tertiary/aromatic N) is 2. The van der Waals surface area contributed by atoms with Gasteiger partial charge in [-0.25, -0.2) is 4.48 Å². The summed E-state index contributed by atoms with van der Waals surface area (Å²) >= 11 is 18.7. The number of hydrogen-bond donors (Lipinski definition) is 3. The average Bonchev–Trinajstić information content (AvgIpc) is 3.25. The molecule has 230 valence electrons. The number of methoxy groups -OCH3 is 1. The first kappa shape index (κ1) is 32.5. The molecule has 2 amide bonds. The Labute approximate surface area is 262 Å². The van der Waals surface area contributed by atoms with E-state index in [0.717, 1.165) is 51.6 Å². The lowest BCUT2D eigenvalue weighted by molar-refractivity contribution is -0.881. The Morgan fingerprint density at radius 2 is 1.76 bits per heavy atom. The molecule has 2 fully saturated rings. The number of amides is 2. The predicted molar refractivity (Wildman–Crippen MR) is 166 cm³/mol. The van der Waals surface area contributed by atoms with E-state index in [1.54, 1.807) is 24.3 Å². The Kier molecular flexibility index (Phi) is 11.5. The molecule has 0 aromatic heterocycles. The van der Waals surface area contributed by atoms with Gasteiger partial charge in [0, 0.05) is 12.6 Å². The predicted octanol–water partition coefficient (Wildman–Crippen LogP) is 6.20. The number of carbonyl (C=O) groups is 2. The molecule has 0 saturated carbocycles. The summed E-state index contributed by atoms with van der Waals surface area (Å²) < 4.78 is 11.5. The minimum atomic E-state index is -0.807. The first-order chi connectivity index (χ1) is 20.1. The van der Waals surface area contributed by atoms with Gasteiger partial charge in [0.15, 0.2) is 0 Å². The molecule has 0 radical (unpaired) electrons. The van der Waals surface area contributed by atoms with Gasteiger partial charge in [0.1, 0.15) is 29.2 Å². The van der Waals surface area contributed by atoms with Crippen LogP contribution in [-0.4, -0.2) is 85.5 Å². The van der Waals surface area contributed by atoms with Crippen molar-refractivity contribution in [2.75, 3.05) is 58.7 Å². The fourth-order valence-corrected chi connectivity index (χ4v) is 6.53. The highest BCUT2D eigenvalue weighted by Crippen LogP contribution is 2.33. The van der Waals surface area contributed by atoms with Crippen LogP contribution in [0.1, 0.15) is 48.9 Å². The summed E-state index contributed by atoms with van der Waals surface area (Å²) in [5.41, 5.74) is 6.54. The Morgan fingerprint density at radius 1 is 1.07 bits per heavy atom. The number of hydrogen-bond acceptors (Lipinski definition) is 6. The van der Waals surface area contributed by atoms with Crippen molar-refractivity contribution >= 4 is 52.5 Å². The van der Waals surface area contributed by atoms with Crippen molar-refractivity contribution in [1.29, 1.82) is 0 Å². The highest BCUT2D eigenvalue weighted by molar-refractivity contribution is 6.42. The highest BCUT2D eigenvalue weighted by Gasteiger charge is 2.46. The molecule has 42 heavy (non-hydrogen) atoms. The summed E-state index contributed by atoms with van der Waals surface area (Å²) in [5.74, 6) is 0.866. The van der Waals surface area contributed by atoms with Gasteiger partial charge in [-0.2, -0.15) is 4.79 Å². The normalized spacial score (nSPS) is 18.6. The minimum Gasteiger partial charge on any atom is -0.496 e. The molecule has 9 nitrogen and oxygen atoms in total. The molecule has 12 heteroatoms. The number of nitrogen functional groups attached to an aromatic ring is 1. The number of nitrogens with two attached hydrogens (primary N) is 1. The fraction of sp³-hybridized carbons (Fsp3) is 0.533. The molecule has 2 aliphatic rings. The van der Waals surface area contributed by atoms with E-state index < -0.39 is 6.09 Å². The number of carboxylic acid groups (broad SMARTS) is 1. The van der Waals surface area contributed by atoms with Crippen LogP contribution in [0.4, 0.5) is 10.5 Å². The fourth-order valence-electron chi connectivity index (χ4n) is 6.02. The summed E-state index contributed by atoms with van der Waals surface area (Å²) in [5, 5.41) is 14.6. The van der Waals surface area contributed by atoms with Crippen LogP contribution in [0.3, 0.4) is 0 Å². The van der Waals surface area contributed by atoms with Gasteiger partial charge >= 0.3 is 6.09 Å². The van der Waals surface area contributed by atoms with E-state index in [0.29, 0.717) is 69.9 Å². The number of benzene rings is 2. The summed E-state index contributed by atoms with van der Waals surface area (Å²) in [6.45, 7) is 4.07. The average molecular weight is 643 g/mol. The van der Waals surface area contributed by atoms with Crippen molar-refractivity contribution in [2.24, 2.45) is 5.92 Å². The van der Waals surface area contributed by atoms with Crippen molar-refractivity contribution in [1.82, 2.24) is 10.2 Å². The topological polar surface area (TPSA) is 114 Å². The van der Waals surface area contributed by atoms with Gasteiger partial charge in [0.2, 0.25) is 0 Å². The molecule has 2 heterocycles. The largest absolute Gasteiger partial charge is 0.513 e. The molecular weight excluding hydrogens is 603 g/mol. The molecule has 2 aromatic carbocycles. The van der Waals surface area contributed by atoms with Crippen molar-refractivity contribution in [3.63, 3.8) is 0 Å². The van der Waals surface area contributed by atoms with Crippen molar-refractivity contribution in [3.8, 4) is 11.5 Å². The zero-order valence-electron chi connectivity index (χ0n) is 23.9. The smallest absolute Gasteiger partial charge is 0.496 e. The Balaban J connectivity index is 1.39. The molecule has 2 aromatic rings. The Hall–Kier alpha value is -2.43. The van der Waals surface area contributed by atoms with E-state index in [1.165, 1.54) is 13.2 Å². The van der Waals surface area contributed by atoms with E-state index in [9.17, 15) is 14.7 Å². The summed E-state index contributed by atoms with van der Waals surface area (Å²) in [7, 11) is 1.49. The first-order valence-electron chi connectivity index (χ1n) is 14.4.